The molecule has 0 aliphatic carbocycles. The molecule has 162 valence electrons. The van der Waals surface area contributed by atoms with Crippen molar-refractivity contribution in [1.82, 2.24) is 19.9 Å². The van der Waals surface area contributed by atoms with Crippen molar-refractivity contribution < 1.29 is 14.3 Å². The normalized spacial score (nSPS) is 15.9. The molecule has 31 heavy (non-hydrogen) atoms. The van der Waals surface area contributed by atoms with Crippen molar-refractivity contribution >= 4 is 28.5 Å². The van der Waals surface area contributed by atoms with Gasteiger partial charge in [0.2, 0.25) is 11.8 Å². The summed E-state index contributed by atoms with van der Waals surface area (Å²) in [5, 5.41) is 11.2. The maximum absolute atomic E-state index is 13.2. The van der Waals surface area contributed by atoms with Crippen LogP contribution >= 0.6 is 0 Å². The Labute approximate surface area is 181 Å². The third-order valence-electron chi connectivity index (χ3n) is 5.72. The van der Waals surface area contributed by atoms with Gasteiger partial charge < -0.3 is 15.0 Å². The van der Waals surface area contributed by atoms with Crippen molar-refractivity contribution in [3.8, 4) is 0 Å². The SMILES string of the molecule is Cc1cccc(NC(=O)CN(CC2CCCO2)C(=O)Cn2nnc3ccccc32)c1C. The van der Waals surface area contributed by atoms with Gasteiger partial charge in [0.05, 0.1) is 11.6 Å². The van der Waals surface area contributed by atoms with Gasteiger partial charge in [0.25, 0.3) is 0 Å². The number of hydrogen-bond donors (Lipinski definition) is 1. The molecule has 2 amide bonds. The van der Waals surface area contributed by atoms with Gasteiger partial charge in [-0.2, -0.15) is 0 Å². The molecule has 3 aromatic rings. The second-order valence-electron chi connectivity index (χ2n) is 7.94. The molecule has 8 heteroatoms. The van der Waals surface area contributed by atoms with Gasteiger partial charge in [-0.05, 0) is 56.0 Å². The first-order valence-electron chi connectivity index (χ1n) is 10.5. The molecule has 8 nitrogen and oxygen atoms in total. The average Bonchev–Trinajstić information content (AvgIpc) is 3.41. The molecule has 0 bridgehead atoms. The number of nitrogens with zero attached hydrogens (tertiary/aromatic N) is 4. The fourth-order valence-electron chi connectivity index (χ4n) is 3.80. The number of fused-ring (bicyclic) bond motifs is 1. The van der Waals surface area contributed by atoms with Crippen molar-refractivity contribution in [2.75, 3.05) is 25.0 Å². The van der Waals surface area contributed by atoms with Gasteiger partial charge >= 0.3 is 0 Å². The van der Waals surface area contributed by atoms with Crippen molar-refractivity contribution in [2.45, 2.75) is 39.3 Å². The molecule has 1 aliphatic heterocycles. The quantitative estimate of drug-likeness (QED) is 0.634. The Bertz CT molecular complexity index is 1090. The van der Waals surface area contributed by atoms with Gasteiger partial charge in [-0.25, -0.2) is 4.68 Å². The number of ether oxygens (including phenoxy) is 1. The molecule has 2 aromatic carbocycles. The number of amides is 2. The van der Waals surface area contributed by atoms with Crippen LogP contribution in [0.25, 0.3) is 11.0 Å². The molecule has 1 aliphatic rings. The standard InChI is InChI=1S/C23H27N5O3/c1-16-7-5-10-19(17(16)2)24-22(29)14-27(13-18-8-6-12-31-18)23(30)15-28-21-11-4-3-9-20(21)25-26-28/h3-5,7,9-11,18H,6,8,12-15H2,1-2H3,(H,24,29). The van der Waals surface area contributed by atoms with Crippen LogP contribution in [0.3, 0.4) is 0 Å². The van der Waals surface area contributed by atoms with E-state index >= 15 is 0 Å². The van der Waals surface area contributed by atoms with Crippen molar-refractivity contribution in [3.05, 3.63) is 53.6 Å². The van der Waals surface area contributed by atoms with Crippen LogP contribution < -0.4 is 5.32 Å². The highest BCUT2D eigenvalue weighted by Crippen LogP contribution is 2.19. The number of carbonyl (C=O) groups is 2. The van der Waals surface area contributed by atoms with Crippen LogP contribution in [0, 0.1) is 13.8 Å². The summed E-state index contributed by atoms with van der Waals surface area (Å²) in [5.74, 6) is -0.425. The number of para-hydroxylation sites is 1. The number of aromatic nitrogens is 3. The molecule has 1 aromatic heterocycles. The van der Waals surface area contributed by atoms with Gasteiger partial charge in [0, 0.05) is 18.8 Å². The monoisotopic (exact) mass is 421 g/mol. The van der Waals surface area contributed by atoms with Crippen LogP contribution in [0.15, 0.2) is 42.5 Å². The molecular weight excluding hydrogens is 394 g/mol. The third-order valence-corrected chi connectivity index (χ3v) is 5.72. The van der Waals surface area contributed by atoms with Crippen LogP contribution in [-0.2, 0) is 20.9 Å². The number of nitrogens with one attached hydrogen (secondary N) is 1. The van der Waals surface area contributed by atoms with E-state index in [0.717, 1.165) is 40.7 Å². The molecule has 0 radical (unpaired) electrons. The molecule has 1 fully saturated rings. The van der Waals surface area contributed by atoms with E-state index in [9.17, 15) is 9.59 Å². The fourth-order valence-corrected chi connectivity index (χ4v) is 3.80. The van der Waals surface area contributed by atoms with Gasteiger partial charge in [0.1, 0.15) is 18.6 Å². The summed E-state index contributed by atoms with van der Waals surface area (Å²) < 4.78 is 7.29. The summed E-state index contributed by atoms with van der Waals surface area (Å²) in [7, 11) is 0. The lowest BCUT2D eigenvalue weighted by Crippen LogP contribution is -2.43. The molecule has 1 saturated heterocycles. The zero-order chi connectivity index (χ0) is 21.8. The largest absolute Gasteiger partial charge is 0.376 e. The molecular formula is C23H27N5O3. The minimum Gasteiger partial charge on any atom is -0.376 e. The van der Waals surface area contributed by atoms with Crippen LogP contribution in [0.4, 0.5) is 5.69 Å². The molecule has 1 N–H and O–H groups in total. The predicted octanol–water partition coefficient (Wildman–Crippen LogP) is 2.69. The lowest BCUT2D eigenvalue weighted by Gasteiger charge is -2.25. The number of anilines is 1. The second-order valence-corrected chi connectivity index (χ2v) is 7.94. The van der Waals surface area contributed by atoms with Crippen molar-refractivity contribution in [1.29, 1.82) is 0 Å². The minimum atomic E-state index is -0.233. The van der Waals surface area contributed by atoms with Crippen LogP contribution in [-0.4, -0.2) is 57.5 Å². The van der Waals surface area contributed by atoms with Crippen LogP contribution in [0.5, 0.6) is 0 Å². The summed E-state index contributed by atoms with van der Waals surface area (Å²) in [6.45, 7) is 5.01. The summed E-state index contributed by atoms with van der Waals surface area (Å²) in [5.41, 5.74) is 4.39. The lowest BCUT2D eigenvalue weighted by atomic mass is 10.1. The van der Waals surface area contributed by atoms with Crippen molar-refractivity contribution in [3.63, 3.8) is 0 Å². The summed E-state index contributed by atoms with van der Waals surface area (Å²) in [6.07, 6.45) is 1.80. The number of aryl methyl sites for hydroxylation is 1. The van der Waals surface area contributed by atoms with Gasteiger partial charge in [-0.15, -0.1) is 5.10 Å². The van der Waals surface area contributed by atoms with E-state index < -0.39 is 0 Å². The first kappa shape index (κ1) is 21.0. The topological polar surface area (TPSA) is 89.4 Å². The molecule has 0 saturated carbocycles. The summed E-state index contributed by atoms with van der Waals surface area (Å²) in [4.78, 5) is 27.5. The number of rotatable bonds is 7. The zero-order valence-electron chi connectivity index (χ0n) is 17.9. The van der Waals surface area contributed by atoms with Gasteiger partial charge in [0.15, 0.2) is 0 Å². The van der Waals surface area contributed by atoms with E-state index in [1.54, 1.807) is 9.58 Å². The van der Waals surface area contributed by atoms with E-state index in [1.807, 2.05) is 56.3 Å². The Hall–Kier alpha value is -3.26. The fraction of sp³-hybridized carbons (Fsp3) is 0.391. The van der Waals surface area contributed by atoms with Gasteiger partial charge in [-0.3, -0.25) is 9.59 Å². The average molecular weight is 422 g/mol. The van der Waals surface area contributed by atoms with Gasteiger partial charge in [-0.1, -0.05) is 29.5 Å². The Morgan fingerprint density at radius 3 is 2.84 bits per heavy atom. The first-order chi connectivity index (χ1) is 15.0. The minimum absolute atomic E-state index is 0.0178. The first-order valence-corrected chi connectivity index (χ1v) is 10.5. The molecule has 1 atom stereocenters. The highest BCUT2D eigenvalue weighted by atomic mass is 16.5. The third kappa shape index (κ3) is 4.91. The molecule has 4 rings (SSSR count). The number of hydrogen-bond acceptors (Lipinski definition) is 5. The lowest BCUT2D eigenvalue weighted by molar-refractivity contribution is -0.136. The maximum atomic E-state index is 13.2. The van der Waals surface area contributed by atoms with E-state index in [-0.39, 0.29) is 31.0 Å². The van der Waals surface area contributed by atoms with Crippen LogP contribution in [0.2, 0.25) is 0 Å². The van der Waals surface area contributed by atoms with Crippen LogP contribution in [0.1, 0.15) is 24.0 Å². The second kappa shape index (κ2) is 9.26. The molecule has 1 unspecified atom stereocenters. The Balaban J connectivity index is 1.48. The Morgan fingerprint density at radius 1 is 1.19 bits per heavy atom. The molecule has 2 heterocycles. The van der Waals surface area contributed by atoms with Crippen molar-refractivity contribution in [2.24, 2.45) is 0 Å². The Morgan fingerprint density at radius 2 is 2.03 bits per heavy atom. The van der Waals surface area contributed by atoms with E-state index in [4.69, 9.17) is 4.74 Å². The predicted molar refractivity (Wildman–Crippen MR) is 118 cm³/mol. The van der Waals surface area contributed by atoms with E-state index in [1.165, 1.54) is 0 Å². The zero-order valence-corrected chi connectivity index (χ0v) is 17.9. The smallest absolute Gasteiger partial charge is 0.244 e. The highest BCUT2D eigenvalue weighted by Gasteiger charge is 2.25. The Kier molecular flexibility index (Phi) is 6.27. The number of carbonyl (C=O) groups excluding carboxylic acids is 2. The molecule has 0 spiro atoms. The van der Waals surface area contributed by atoms with E-state index in [2.05, 4.69) is 15.6 Å². The number of benzene rings is 2. The highest BCUT2D eigenvalue weighted by molar-refractivity contribution is 5.95. The summed E-state index contributed by atoms with van der Waals surface area (Å²) in [6, 6.07) is 13.3. The van der Waals surface area contributed by atoms with E-state index in [0.29, 0.717) is 13.2 Å². The maximum Gasteiger partial charge on any atom is 0.244 e. The summed E-state index contributed by atoms with van der Waals surface area (Å²) >= 11 is 0.